The fraction of sp³-hybridized carbons (Fsp3) is 0.444. The van der Waals surface area contributed by atoms with Crippen molar-refractivity contribution in [3.8, 4) is 17.6 Å². The van der Waals surface area contributed by atoms with E-state index in [0.29, 0.717) is 6.61 Å². The van der Waals surface area contributed by atoms with Crippen molar-refractivity contribution in [2.24, 2.45) is 0 Å². The van der Waals surface area contributed by atoms with Crippen LogP contribution in [0.3, 0.4) is 0 Å². The van der Waals surface area contributed by atoms with Gasteiger partial charge in [0.25, 0.3) is 0 Å². The van der Waals surface area contributed by atoms with Crippen LogP contribution in [-0.4, -0.2) is 19.2 Å². The van der Waals surface area contributed by atoms with Crippen molar-refractivity contribution in [2.75, 3.05) is 13.2 Å². The first-order valence-corrected chi connectivity index (χ1v) is 10.9. The third kappa shape index (κ3) is 4.87. The second-order valence-corrected chi connectivity index (χ2v) is 8.61. The molecule has 0 saturated carbocycles. The quantitative estimate of drug-likeness (QED) is 0.460. The molecular formula is C27H32O3. The molecule has 0 radical (unpaired) electrons. The molecule has 0 aliphatic carbocycles. The number of carbonyl (C=O) groups excluding carboxylic acids is 1. The lowest BCUT2D eigenvalue weighted by atomic mass is 9.78. The molecule has 3 heteroatoms. The van der Waals surface area contributed by atoms with Gasteiger partial charge < -0.3 is 9.47 Å². The van der Waals surface area contributed by atoms with Gasteiger partial charge >= 0.3 is 5.97 Å². The minimum absolute atomic E-state index is 0.0980. The average Bonchev–Trinajstić information content (AvgIpc) is 2.71. The molecule has 2 aromatic rings. The number of carbonyl (C=O) groups is 1. The van der Waals surface area contributed by atoms with Gasteiger partial charge in [0.05, 0.1) is 19.1 Å². The van der Waals surface area contributed by atoms with Gasteiger partial charge in [-0.2, -0.15) is 0 Å². The highest BCUT2D eigenvalue weighted by Crippen LogP contribution is 2.39. The molecule has 0 saturated heterocycles. The van der Waals surface area contributed by atoms with Crippen molar-refractivity contribution in [1.82, 2.24) is 0 Å². The van der Waals surface area contributed by atoms with E-state index < -0.39 is 0 Å². The van der Waals surface area contributed by atoms with Gasteiger partial charge in [0, 0.05) is 16.7 Å². The molecule has 0 spiro atoms. The number of fused-ring (bicyclic) bond motifs is 1. The zero-order valence-corrected chi connectivity index (χ0v) is 18.8. The third-order valence-electron chi connectivity index (χ3n) is 5.84. The monoisotopic (exact) mass is 404 g/mol. The second kappa shape index (κ2) is 9.39. The first kappa shape index (κ1) is 22.0. The summed E-state index contributed by atoms with van der Waals surface area (Å²) in [5.41, 5.74) is 5.42. The lowest BCUT2D eigenvalue weighted by Gasteiger charge is -2.33. The molecule has 1 heterocycles. The number of hydrogen-bond donors (Lipinski definition) is 0. The number of ether oxygens (including phenoxy) is 2. The molecule has 0 fully saturated rings. The smallest absolute Gasteiger partial charge is 0.313 e. The Kier molecular flexibility index (Phi) is 6.87. The van der Waals surface area contributed by atoms with Gasteiger partial charge in [-0.3, -0.25) is 4.79 Å². The van der Waals surface area contributed by atoms with Crippen LogP contribution in [-0.2, 0) is 14.9 Å². The Morgan fingerprint density at radius 3 is 2.57 bits per heavy atom. The molecule has 0 N–H and O–H groups in total. The Labute approximate surface area is 180 Å². The molecule has 1 aliphatic rings. The molecule has 2 aromatic carbocycles. The van der Waals surface area contributed by atoms with Crippen molar-refractivity contribution >= 4 is 5.97 Å². The Bertz CT molecular complexity index is 958. The lowest BCUT2D eigenvalue weighted by molar-refractivity contribution is -0.145. The zero-order chi connectivity index (χ0) is 21.7. The summed E-state index contributed by atoms with van der Waals surface area (Å²) in [4.78, 5) is 12.3. The van der Waals surface area contributed by atoms with Crippen molar-refractivity contribution in [3.05, 3.63) is 64.2 Å². The number of esters is 1. The summed E-state index contributed by atoms with van der Waals surface area (Å²) in [6.07, 6.45) is 2.73. The number of rotatable bonds is 5. The first-order valence-electron chi connectivity index (χ1n) is 10.9. The molecule has 0 bridgehead atoms. The van der Waals surface area contributed by atoms with Gasteiger partial charge in [-0.05, 0) is 67.5 Å². The maximum Gasteiger partial charge on any atom is 0.313 e. The maximum absolute atomic E-state index is 12.3. The van der Waals surface area contributed by atoms with Crippen molar-refractivity contribution < 1.29 is 14.3 Å². The van der Waals surface area contributed by atoms with Gasteiger partial charge in [-0.15, -0.1) is 0 Å². The standard InChI is InChI=1S/C27H32O3/c1-6-8-23(26(28)29-7-2)21-12-9-20(10-13-21)11-14-22-18-24-25(17-19(22)3)30-16-15-27(24,4)5/h9-10,12-13,17-18,23H,6-8,15-16H2,1-5H3. The number of benzene rings is 2. The van der Waals surface area contributed by atoms with Crippen LogP contribution in [0.5, 0.6) is 5.75 Å². The van der Waals surface area contributed by atoms with Crippen molar-refractivity contribution in [2.45, 2.75) is 65.2 Å². The Morgan fingerprint density at radius 2 is 1.90 bits per heavy atom. The van der Waals surface area contributed by atoms with Crippen LogP contribution < -0.4 is 4.74 Å². The molecule has 1 aliphatic heterocycles. The van der Waals surface area contributed by atoms with Crippen LogP contribution in [0.2, 0.25) is 0 Å². The fourth-order valence-corrected chi connectivity index (χ4v) is 3.91. The predicted molar refractivity (Wildman–Crippen MR) is 121 cm³/mol. The van der Waals surface area contributed by atoms with Crippen LogP contribution in [0.1, 0.15) is 80.7 Å². The zero-order valence-electron chi connectivity index (χ0n) is 18.8. The van der Waals surface area contributed by atoms with E-state index in [1.807, 2.05) is 31.2 Å². The van der Waals surface area contributed by atoms with E-state index in [4.69, 9.17) is 9.47 Å². The molecule has 158 valence electrons. The normalized spacial score (nSPS) is 15.2. The number of aryl methyl sites for hydroxylation is 1. The van der Waals surface area contributed by atoms with E-state index in [1.54, 1.807) is 0 Å². The minimum Gasteiger partial charge on any atom is -0.493 e. The van der Waals surface area contributed by atoms with Gasteiger partial charge in [-0.25, -0.2) is 0 Å². The molecule has 3 rings (SSSR count). The SMILES string of the molecule is CCCC(C(=O)OCC)c1ccc(C#Cc2cc3c(cc2C)OCCC3(C)C)cc1. The molecular weight excluding hydrogens is 372 g/mol. The molecule has 0 aromatic heterocycles. The Hall–Kier alpha value is -2.73. The van der Waals surface area contributed by atoms with E-state index in [-0.39, 0.29) is 17.3 Å². The third-order valence-corrected chi connectivity index (χ3v) is 5.84. The van der Waals surface area contributed by atoms with Crippen molar-refractivity contribution in [1.29, 1.82) is 0 Å². The van der Waals surface area contributed by atoms with E-state index in [2.05, 4.69) is 51.7 Å². The Balaban J connectivity index is 1.84. The first-order chi connectivity index (χ1) is 14.4. The predicted octanol–water partition coefficient (Wildman–Crippen LogP) is 5.90. The molecule has 30 heavy (non-hydrogen) atoms. The largest absolute Gasteiger partial charge is 0.493 e. The van der Waals surface area contributed by atoms with Crippen LogP contribution >= 0.6 is 0 Å². The van der Waals surface area contributed by atoms with Gasteiger partial charge in [0.2, 0.25) is 0 Å². The second-order valence-electron chi connectivity index (χ2n) is 8.61. The van der Waals surface area contributed by atoms with E-state index >= 15 is 0 Å². The molecule has 1 atom stereocenters. The van der Waals surface area contributed by atoms with E-state index in [9.17, 15) is 4.79 Å². The summed E-state index contributed by atoms with van der Waals surface area (Å²) in [6, 6.07) is 12.3. The summed E-state index contributed by atoms with van der Waals surface area (Å²) in [5.74, 6) is 7.25. The summed E-state index contributed by atoms with van der Waals surface area (Å²) in [7, 11) is 0. The van der Waals surface area contributed by atoms with Gasteiger partial charge in [0.1, 0.15) is 5.75 Å². The molecule has 1 unspecified atom stereocenters. The highest BCUT2D eigenvalue weighted by molar-refractivity contribution is 5.78. The summed E-state index contributed by atoms with van der Waals surface area (Å²) >= 11 is 0. The van der Waals surface area contributed by atoms with E-state index in [0.717, 1.165) is 53.9 Å². The fourth-order valence-electron chi connectivity index (χ4n) is 3.91. The van der Waals surface area contributed by atoms with Crippen LogP contribution in [0.4, 0.5) is 0 Å². The van der Waals surface area contributed by atoms with Gasteiger partial charge in [0.15, 0.2) is 0 Å². The maximum atomic E-state index is 12.3. The topological polar surface area (TPSA) is 35.5 Å². The van der Waals surface area contributed by atoms with Crippen LogP contribution in [0.25, 0.3) is 0 Å². The van der Waals surface area contributed by atoms with E-state index in [1.165, 1.54) is 5.56 Å². The Morgan fingerprint density at radius 1 is 1.17 bits per heavy atom. The number of hydrogen-bond acceptors (Lipinski definition) is 3. The minimum atomic E-state index is -0.206. The summed E-state index contributed by atoms with van der Waals surface area (Å²) < 4.78 is 11.1. The summed E-state index contributed by atoms with van der Waals surface area (Å²) in [6.45, 7) is 11.7. The summed E-state index contributed by atoms with van der Waals surface area (Å²) in [5, 5.41) is 0. The van der Waals surface area contributed by atoms with Crippen molar-refractivity contribution in [3.63, 3.8) is 0 Å². The van der Waals surface area contributed by atoms with Crippen LogP contribution in [0.15, 0.2) is 36.4 Å². The lowest BCUT2D eigenvalue weighted by Crippen LogP contribution is -2.26. The molecule has 0 amide bonds. The van der Waals surface area contributed by atoms with Crippen LogP contribution in [0, 0.1) is 18.8 Å². The average molecular weight is 405 g/mol. The molecule has 3 nitrogen and oxygen atoms in total. The highest BCUT2D eigenvalue weighted by atomic mass is 16.5. The van der Waals surface area contributed by atoms with Gasteiger partial charge in [-0.1, -0.05) is 51.2 Å². The highest BCUT2D eigenvalue weighted by Gasteiger charge is 2.29.